The molecule has 0 radical (unpaired) electrons. The second-order valence-electron chi connectivity index (χ2n) is 7.72. The van der Waals surface area contributed by atoms with Crippen LogP contribution in [0, 0.1) is 13.8 Å². The first kappa shape index (κ1) is 23.7. The standard InChI is InChI=1S/C25H21ClN2O5S/c1-4-33-24(32)22-14(3)27-25(34-22)28-19(16-6-5-7-17(26)12-16)18(21(30)23(28)31)20(29)15-10-8-13(2)9-11-15/h5-12,19,29H,4H2,1-3H3. The molecule has 2 aromatic carbocycles. The number of Topliss-reactive ketones (excluding diaryl/α,β-unsaturated/α-hetero) is 1. The number of ether oxygens (including phenoxy) is 1. The summed E-state index contributed by atoms with van der Waals surface area (Å²) in [4.78, 5) is 44.6. The van der Waals surface area contributed by atoms with Crippen molar-refractivity contribution in [3.8, 4) is 0 Å². The Morgan fingerprint density at radius 2 is 1.88 bits per heavy atom. The SMILES string of the molecule is CCOC(=O)c1sc(N2C(=O)C(=O)C(=C(O)c3ccc(C)cc3)C2c2cccc(Cl)c2)nc1C. The molecule has 1 aliphatic heterocycles. The van der Waals surface area contributed by atoms with E-state index in [1.807, 2.05) is 6.92 Å². The number of aliphatic hydroxyl groups excluding tert-OH is 1. The van der Waals surface area contributed by atoms with Crippen molar-refractivity contribution >= 4 is 51.5 Å². The molecule has 1 amide bonds. The number of anilines is 1. The Kier molecular flexibility index (Phi) is 6.54. The zero-order valence-electron chi connectivity index (χ0n) is 18.7. The molecule has 34 heavy (non-hydrogen) atoms. The average Bonchev–Trinajstić information content (AvgIpc) is 3.31. The Balaban J connectivity index is 1.91. The first-order chi connectivity index (χ1) is 16.2. The molecule has 1 saturated heterocycles. The number of esters is 1. The van der Waals surface area contributed by atoms with Gasteiger partial charge in [-0.3, -0.25) is 14.5 Å². The summed E-state index contributed by atoms with van der Waals surface area (Å²) in [6, 6.07) is 12.7. The molecule has 4 rings (SSSR count). The van der Waals surface area contributed by atoms with E-state index in [1.54, 1.807) is 62.4 Å². The highest BCUT2D eigenvalue weighted by molar-refractivity contribution is 7.17. The Hall–Kier alpha value is -3.49. The van der Waals surface area contributed by atoms with E-state index in [-0.39, 0.29) is 27.9 Å². The van der Waals surface area contributed by atoms with Crippen molar-refractivity contribution in [3.63, 3.8) is 0 Å². The monoisotopic (exact) mass is 496 g/mol. The highest BCUT2D eigenvalue weighted by atomic mass is 35.5. The normalized spacial score (nSPS) is 17.3. The van der Waals surface area contributed by atoms with Crippen LogP contribution >= 0.6 is 22.9 Å². The number of nitrogens with zero attached hydrogens (tertiary/aromatic N) is 2. The van der Waals surface area contributed by atoms with Crippen molar-refractivity contribution in [2.24, 2.45) is 0 Å². The number of hydrogen-bond donors (Lipinski definition) is 1. The van der Waals surface area contributed by atoms with E-state index in [2.05, 4.69) is 4.98 Å². The number of amides is 1. The van der Waals surface area contributed by atoms with E-state index < -0.39 is 23.7 Å². The lowest BCUT2D eigenvalue weighted by Crippen LogP contribution is -2.29. The van der Waals surface area contributed by atoms with Crippen molar-refractivity contribution in [3.05, 3.63) is 86.4 Å². The summed E-state index contributed by atoms with van der Waals surface area (Å²) in [6.45, 7) is 5.41. The van der Waals surface area contributed by atoms with Crippen LogP contribution in [0.4, 0.5) is 5.13 Å². The van der Waals surface area contributed by atoms with Gasteiger partial charge in [0.05, 0.1) is 23.9 Å². The predicted octanol–water partition coefficient (Wildman–Crippen LogP) is 5.22. The molecule has 0 saturated carbocycles. The van der Waals surface area contributed by atoms with Crippen molar-refractivity contribution in [2.45, 2.75) is 26.8 Å². The largest absolute Gasteiger partial charge is 0.507 e. The van der Waals surface area contributed by atoms with Crippen LogP contribution < -0.4 is 4.90 Å². The zero-order valence-corrected chi connectivity index (χ0v) is 20.2. The highest BCUT2D eigenvalue weighted by Gasteiger charge is 2.48. The first-order valence-corrected chi connectivity index (χ1v) is 11.7. The number of carbonyl (C=O) groups excluding carboxylic acids is 3. The first-order valence-electron chi connectivity index (χ1n) is 10.5. The fourth-order valence-corrected chi connectivity index (χ4v) is 4.95. The second kappa shape index (κ2) is 9.40. The second-order valence-corrected chi connectivity index (χ2v) is 9.14. The third-order valence-electron chi connectivity index (χ3n) is 5.39. The Morgan fingerprint density at radius 3 is 2.53 bits per heavy atom. The maximum atomic E-state index is 13.2. The van der Waals surface area contributed by atoms with Gasteiger partial charge in [-0.1, -0.05) is 64.9 Å². The minimum atomic E-state index is -0.986. The molecule has 7 nitrogen and oxygen atoms in total. The molecule has 1 unspecified atom stereocenters. The summed E-state index contributed by atoms with van der Waals surface area (Å²) in [7, 11) is 0. The van der Waals surface area contributed by atoms with Gasteiger partial charge in [0.25, 0.3) is 5.78 Å². The smallest absolute Gasteiger partial charge is 0.350 e. The fraction of sp³-hybridized carbons (Fsp3) is 0.200. The number of hydrogen-bond acceptors (Lipinski definition) is 7. The van der Waals surface area contributed by atoms with Crippen molar-refractivity contribution in [1.29, 1.82) is 0 Å². The van der Waals surface area contributed by atoms with Crippen LogP contribution in [0.5, 0.6) is 0 Å². The highest BCUT2D eigenvalue weighted by Crippen LogP contribution is 2.44. The summed E-state index contributed by atoms with van der Waals surface area (Å²) >= 11 is 7.17. The number of aryl methyl sites for hydroxylation is 2. The van der Waals surface area contributed by atoms with E-state index in [4.69, 9.17) is 16.3 Å². The Bertz CT molecular complexity index is 1330. The Labute approximate surface area is 205 Å². The number of carbonyl (C=O) groups is 3. The van der Waals surface area contributed by atoms with Crippen LogP contribution in [0.2, 0.25) is 5.02 Å². The van der Waals surface area contributed by atoms with Crippen LogP contribution in [0.3, 0.4) is 0 Å². The summed E-state index contributed by atoms with van der Waals surface area (Å²) in [5.41, 5.74) is 2.20. The lowest BCUT2D eigenvalue weighted by Gasteiger charge is -2.23. The van der Waals surface area contributed by atoms with Crippen LogP contribution in [-0.2, 0) is 14.3 Å². The van der Waals surface area contributed by atoms with Gasteiger partial charge < -0.3 is 9.84 Å². The van der Waals surface area contributed by atoms with Gasteiger partial charge >= 0.3 is 11.9 Å². The average molecular weight is 497 g/mol. The zero-order chi connectivity index (χ0) is 24.6. The van der Waals surface area contributed by atoms with E-state index in [0.29, 0.717) is 21.8 Å². The van der Waals surface area contributed by atoms with Crippen LogP contribution in [0.15, 0.2) is 54.1 Å². The molecule has 0 bridgehead atoms. The predicted molar refractivity (Wildman–Crippen MR) is 130 cm³/mol. The van der Waals surface area contributed by atoms with E-state index in [1.165, 1.54) is 4.90 Å². The van der Waals surface area contributed by atoms with Gasteiger partial charge in [0, 0.05) is 10.6 Å². The minimum Gasteiger partial charge on any atom is -0.507 e. The Morgan fingerprint density at radius 1 is 1.18 bits per heavy atom. The lowest BCUT2D eigenvalue weighted by molar-refractivity contribution is -0.132. The van der Waals surface area contributed by atoms with Gasteiger partial charge in [-0.15, -0.1) is 0 Å². The summed E-state index contributed by atoms with van der Waals surface area (Å²) in [6.07, 6.45) is 0. The number of benzene rings is 2. The molecular formula is C25H21ClN2O5S. The van der Waals surface area contributed by atoms with Crippen LogP contribution in [0.25, 0.3) is 5.76 Å². The summed E-state index contributed by atoms with van der Waals surface area (Å²) < 4.78 is 5.08. The third-order valence-corrected chi connectivity index (χ3v) is 6.76. The molecule has 1 fully saturated rings. The van der Waals surface area contributed by atoms with Gasteiger partial charge in [0.2, 0.25) is 0 Å². The number of ketones is 1. The van der Waals surface area contributed by atoms with E-state index in [9.17, 15) is 19.5 Å². The summed E-state index contributed by atoms with van der Waals surface area (Å²) in [5, 5.41) is 11.7. The van der Waals surface area contributed by atoms with Crippen molar-refractivity contribution < 1.29 is 24.2 Å². The maximum absolute atomic E-state index is 13.2. The van der Waals surface area contributed by atoms with Gasteiger partial charge in [-0.2, -0.15) is 0 Å². The molecule has 2 heterocycles. The molecule has 1 N–H and O–H groups in total. The minimum absolute atomic E-state index is 0.0818. The quantitative estimate of drug-likeness (QED) is 0.225. The van der Waals surface area contributed by atoms with Crippen molar-refractivity contribution in [1.82, 2.24) is 4.98 Å². The molecule has 174 valence electrons. The van der Waals surface area contributed by atoms with Gasteiger partial charge in [0.15, 0.2) is 5.13 Å². The van der Waals surface area contributed by atoms with Gasteiger partial charge in [-0.05, 0) is 38.5 Å². The number of halogens is 1. The van der Waals surface area contributed by atoms with E-state index >= 15 is 0 Å². The number of aliphatic hydroxyl groups is 1. The summed E-state index contributed by atoms with van der Waals surface area (Å²) in [5.74, 6) is -2.57. The van der Waals surface area contributed by atoms with Crippen molar-refractivity contribution in [2.75, 3.05) is 11.5 Å². The van der Waals surface area contributed by atoms with Crippen LogP contribution in [0.1, 0.15) is 45.0 Å². The fourth-order valence-electron chi connectivity index (χ4n) is 3.76. The number of rotatable bonds is 5. The van der Waals surface area contributed by atoms with Gasteiger partial charge in [0.1, 0.15) is 10.6 Å². The van der Waals surface area contributed by atoms with Crippen LogP contribution in [-0.4, -0.2) is 34.4 Å². The molecule has 1 aliphatic rings. The topological polar surface area (TPSA) is 96.8 Å². The molecule has 1 atom stereocenters. The third kappa shape index (κ3) is 4.22. The molecular weight excluding hydrogens is 476 g/mol. The molecule has 9 heteroatoms. The molecule has 1 aromatic heterocycles. The van der Waals surface area contributed by atoms with E-state index in [0.717, 1.165) is 16.9 Å². The molecule has 0 aliphatic carbocycles. The van der Waals surface area contributed by atoms with Gasteiger partial charge in [-0.25, -0.2) is 9.78 Å². The number of aromatic nitrogens is 1. The lowest BCUT2D eigenvalue weighted by atomic mass is 9.95. The number of thiazole rings is 1. The molecule has 3 aromatic rings. The molecule has 0 spiro atoms. The maximum Gasteiger partial charge on any atom is 0.350 e.